The molecule has 0 aromatic rings. The maximum absolute atomic E-state index is 12.9. The third-order valence-corrected chi connectivity index (χ3v) is 9.19. The molecule has 7 aliphatic heterocycles. The number of carbonyl (C=O) groups excluding carboxylic acids is 1. The summed E-state index contributed by atoms with van der Waals surface area (Å²) >= 11 is 0. The summed E-state index contributed by atoms with van der Waals surface area (Å²) in [6, 6.07) is 0. The fourth-order valence-corrected chi connectivity index (χ4v) is 7.35. The zero-order valence-corrected chi connectivity index (χ0v) is 21.7. The van der Waals surface area contributed by atoms with Gasteiger partial charge in [-0.25, -0.2) is 0 Å². The van der Waals surface area contributed by atoms with Crippen LogP contribution in [0.25, 0.3) is 0 Å². The number of fused-ring (bicyclic) bond motifs is 1. The molecule has 8 heteroatoms. The maximum Gasteiger partial charge on any atom is 0.172 e. The van der Waals surface area contributed by atoms with Gasteiger partial charge in [-0.15, -0.1) is 0 Å². The molecule has 0 spiro atoms. The van der Waals surface area contributed by atoms with Crippen LogP contribution in [-0.4, -0.2) is 86.8 Å². The number of unbranched alkanes of at least 4 members (excludes halogenated alkanes) is 1. The Hall–Kier alpha value is -0.870. The second-order valence-corrected chi connectivity index (χ2v) is 11.8. The van der Waals surface area contributed by atoms with Crippen LogP contribution in [-0.2, 0) is 38.0 Å². The fourth-order valence-electron chi connectivity index (χ4n) is 7.35. The SMILES string of the molecule is C=C(CCCC[C@@]12CC3OC4C(O1)[C@H]1OC(CC(=O)CC5CCO[C@H]5C)CCC1O[C@H]4C3O2)COC. The van der Waals surface area contributed by atoms with Crippen LogP contribution >= 0.6 is 0 Å². The molecule has 0 aliphatic carbocycles. The molecule has 0 amide bonds. The molecule has 7 fully saturated rings. The van der Waals surface area contributed by atoms with E-state index >= 15 is 0 Å². The van der Waals surface area contributed by atoms with Gasteiger partial charge in [0.25, 0.3) is 0 Å². The van der Waals surface area contributed by atoms with Gasteiger partial charge in [0, 0.05) is 39.4 Å². The maximum atomic E-state index is 12.9. The summed E-state index contributed by atoms with van der Waals surface area (Å²) in [6.45, 7) is 7.52. The third kappa shape index (κ3) is 4.83. The van der Waals surface area contributed by atoms with Gasteiger partial charge in [0.15, 0.2) is 5.79 Å². The van der Waals surface area contributed by atoms with Crippen LogP contribution < -0.4 is 0 Å². The Morgan fingerprint density at radius 1 is 0.944 bits per heavy atom. The first-order valence-corrected chi connectivity index (χ1v) is 14.1. The molecule has 0 aromatic carbocycles. The Balaban J connectivity index is 1.09. The number of ketones is 1. The first kappa shape index (κ1) is 25.4. The molecular formula is C28H42O8. The van der Waals surface area contributed by atoms with Crippen LogP contribution in [0.2, 0.25) is 0 Å². The summed E-state index contributed by atoms with van der Waals surface area (Å²) in [7, 11) is 1.70. The summed E-state index contributed by atoms with van der Waals surface area (Å²) in [5.41, 5.74) is 1.12. The second kappa shape index (κ2) is 10.4. The molecule has 202 valence electrons. The van der Waals surface area contributed by atoms with Crippen LogP contribution in [0.3, 0.4) is 0 Å². The van der Waals surface area contributed by atoms with Crippen molar-refractivity contribution in [2.75, 3.05) is 20.3 Å². The van der Waals surface area contributed by atoms with E-state index in [1.807, 2.05) is 0 Å². The van der Waals surface area contributed by atoms with Gasteiger partial charge >= 0.3 is 0 Å². The number of carbonyl (C=O) groups is 1. The van der Waals surface area contributed by atoms with Crippen LogP contribution in [0.1, 0.15) is 71.1 Å². The van der Waals surface area contributed by atoms with Crippen molar-refractivity contribution in [3.8, 4) is 0 Å². The zero-order chi connectivity index (χ0) is 24.9. The van der Waals surface area contributed by atoms with Gasteiger partial charge in [0.05, 0.1) is 31.0 Å². The highest BCUT2D eigenvalue weighted by Crippen LogP contribution is 2.54. The zero-order valence-electron chi connectivity index (χ0n) is 21.7. The lowest BCUT2D eigenvalue weighted by Crippen LogP contribution is -2.61. The van der Waals surface area contributed by atoms with E-state index in [0.29, 0.717) is 25.4 Å². The third-order valence-electron chi connectivity index (χ3n) is 9.19. The molecular weight excluding hydrogens is 464 g/mol. The number of Topliss-reactive ketones (excluding diaryl/α,β-unsaturated/α-hetero) is 1. The number of methoxy groups -OCH3 is 1. The molecule has 7 rings (SSSR count). The van der Waals surface area contributed by atoms with Gasteiger partial charge in [-0.3, -0.25) is 4.79 Å². The van der Waals surface area contributed by atoms with Crippen LogP contribution in [0.5, 0.6) is 0 Å². The van der Waals surface area contributed by atoms with Crippen molar-refractivity contribution >= 4 is 5.78 Å². The van der Waals surface area contributed by atoms with E-state index in [1.54, 1.807) is 7.11 Å². The van der Waals surface area contributed by atoms with E-state index in [2.05, 4.69) is 13.5 Å². The lowest BCUT2D eigenvalue weighted by atomic mass is 9.86. The van der Waals surface area contributed by atoms with Crippen molar-refractivity contribution < 1.29 is 38.0 Å². The first-order chi connectivity index (χ1) is 17.4. The predicted molar refractivity (Wildman–Crippen MR) is 130 cm³/mol. The van der Waals surface area contributed by atoms with Crippen molar-refractivity contribution in [3.05, 3.63) is 12.2 Å². The summed E-state index contributed by atoms with van der Waals surface area (Å²) in [4.78, 5) is 12.9. The number of hydrogen-bond acceptors (Lipinski definition) is 8. The predicted octanol–water partition coefficient (Wildman–Crippen LogP) is 3.49. The van der Waals surface area contributed by atoms with Crippen molar-refractivity contribution in [2.24, 2.45) is 5.92 Å². The summed E-state index contributed by atoms with van der Waals surface area (Å²) in [6.07, 6.45) is 7.48. The number of ether oxygens (including phenoxy) is 7. The minimum atomic E-state index is -0.644. The van der Waals surface area contributed by atoms with Crippen LogP contribution in [0.15, 0.2) is 12.2 Å². The Morgan fingerprint density at radius 2 is 1.75 bits per heavy atom. The smallest absolute Gasteiger partial charge is 0.172 e. The number of rotatable bonds is 11. The normalized spacial score (nSPS) is 46.6. The molecule has 7 unspecified atom stereocenters. The molecule has 8 nitrogen and oxygen atoms in total. The standard InChI is InChI=1S/C28H42O8/c1-16(15-30-3)6-4-5-10-28-14-22-24(35-28)25-26(34-22)27(36-28)23-21(33-25)8-7-20(32-23)13-19(29)12-18-9-11-31-17(18)2/h17-18,20-27H,1,4-15H2,2-3H3/t17-,18?,20?,21?,22?,23-,24?,25-,26?,27?,28-/m0/s1. The highest BCUT2D eigenvalue weighted by Gasteiger charge is 2.68. The number of hydrogen-bond donors (Lipinski definition) is 0. The lowest BCUT2D eigenvalue weighted by Gasteiger charge is -2.47. The first-order valence-electron chi connectivity index (χ1n) is 14.1. The average molecular weight is 507 g/mol. The highest BCUT2D eigenvalue weighted by molar-refractivity contribution is 5.79. The Kier molecular flexibility index (Phi) is 7.31. The van der Waals surface area contributed by atoms with E-state index < -0.39 is 5.79 Å². The van der Waals surface area contributed by atoms with E-state index in [4.69, 9.17) is 33.2 Å². The molecule has 0 saturated carbocycles. The molecule has 6 bridgehead atoms. The van der Waals surface area contributed by atoms with Crippen LogP contribution in [0, 0.1) is 5.92 Å². The molecule has 36 heavy (non-hydrogen) atoms. The van der Waals surface area contributed by atoms with E-state index in [-0.39, 0.29) is 60.7 Å². The summed E-state index contributed by atoms with van der Waals surface area (Å²) < 4.78 is 43.8. The van der Waals surface area contributed by atoms with Crippen molar-refractivity contribution in [3.63, 3.8) is 0 Å². The van der Waals surface area contributed by atoms with Crippen LogP contribution in [0.4, 0.5) is 0 Å². The molecule has 0 radical (unpaired) electrons. The topological polar surface area (TPSA) is 81.7 Å². The lowest BCUT2D eigenvalue weighted by molar-refractivity contribution is -0.292. The minimum absolute atomic E-state index is 0.0154. The quantitative estimate of drug-likeness (QED) is 0.311. The highest BCUT2D eigenvalue weighted by atomic mass is 16.8. The van der Waals surface area contributed by atoms with E-state index in [1.165, 1.54) is 0 Å². The molecule has 7 aliphatic rings. The van der Waals surface area contributed by atoms with Gasteiger partial charge in [-0.05, 0) is 51.4 Å². The van der Waals surface area contributed by atoms with Gasteiger partial charge < -0.3 is 33.2 Å². The van der Waals surface area contributed by atoms with E-state index in [9.17, 15) is 4.79 Å². The van der Waals surface area contributed by atoms with Gasteiger partial charge in [-0.1, -0.05) is 12.2 Å². The summed E-state index contributed by atoms with van der Waals surface area (Å²) in [5.74, 6) is -0.0432. The monoisotopic (exact) mass is 506 g/mol. The summed E-state index contributed by atoms with van der Waals surface area (Å²) in [5, 5.41) is 0. The van der Waals surface area contributed by atoms with Gasteiger partial charge in [0.1, 0.15) is 36.3 Å². The Labute approximate surface area is 214 Å². The molecule has 11 atom stereocenters. The minimum Gasteiger partial charge on any atom is -0.380 e. The molecule has 7 saturated heterocycles. The Bertz CT molecular complexity index is 832. The van der Waals surface area contributed by atoms with E-state index in [0.717, 1.165) is 63.5 Å². The second-order valence-electron chi connectivity index (χ2n) is 11.8. The Morgan fingerprint density at radius 3 is 2.56 bits per heavy atom. The molecule has 0 aromatic heterocycles. The van der Waals surface area contributed by atoms with Gasteiger partial charge in [0.2, 0.25) is 0 Å². The molecule has 7 heterocycles. The largest absolute Gasteiger partial charge is 0.380 e. The van der Waals surface area contributed by atoms with Crippen molar-refractivity contribution in [2.45, 2.75) is 132 Å². The molecule has 0 N–H and O–H groups in total. The average Bonchev–Trinajstić information content (AvgIpc) is 3.44. The van der Waals surface area contributed by atoms with Crippen molar-refractivity contribution in [1.82, 2.24) is 0 Å². The fraction of sp³-hybridized carbons (Fsp3) is 0.893. The van der Waals surface area contributed by atoms with Crippen molar-refractivity contribution in [1.29, 1.82) is 0 Å². The van der Waals surface area contributed by atoms with Gasteiger partial charge in [-0.2, -0.15) is 0 Å².